The van der Waals surface area contributed by atoms with E-state index < -0.39 is 0 Å². The Balaban J connectivity index is 1.39. The predicted octanol–water partition coefficient (Wildman–Crippen LogP) is 3.56. The molecule has 2 saturated heterocycles. The number of pyridine rings is 1. The van der Waals surface area contributed by atoms with E-state index >= 15 is 0 Å². The number of carbonyl (C=O) groups excluding carboxylic acids is 1. The van der Waals surface area contributed by atoms with Crippen molar-refractivity contribution in [2.45, 2.75) is 25.7 Å². The van der Waals surface area contributed by atoms with Gasteiger partial charge in [-0.25, -0.2) is 9.37 Å². The summed E-state index contributed by atoms with van der Waals surface area (Å²) in [7, 11) is 0. The molecular weight excluding hydrogens is 355 g/mol. The van der Waals surface area contributed by atoms with E-state index in [4.69, 9.17) is 0 Å². The molecule has 0 spiro atoms. The van der Waals surface area contributed by atoms with Gasteiger partial charge in [-0.3, -0.25) is 4.79 Å². The molecule has 3 heterocycles. The summed E-state index contributed by atoms with van der Waals surface area (Å²) in [6.07, 6.45) is 6.67. The van der Waals surface area contributed by atoms with Crippen molar-refractivity contribution in [3.05, 3.63) is 54.0 Å². The minimum atomic E-state index is -0.226. The van der Waals surface area contributed by atoms with Crippen molar-refractivity contribution in [2.24, 2.45) is 0 Å². The third kappa shape index (κ3) is 4.26. The number of hydrogen-bond donors (Lipinski definition) is 0. The molecule has 1 aromatic carbocycles. The fourth-order valence-electron chi connectivity index (χ4n) is 4.03. The molecule has 1 amide bonds. The Kier molecular flexibility index (Phi) is 5.74. The van der Waals surface area contributed by atoms with Gasteiger partial charge in [0.15, 0.2) is 0 Å². The molecule has 2 aliphatic rings. The Bertz CT molecular complexity index is 794. The molecule has 0 saturated carbocycles. The van der Waals surface area contributed by atoms with E-state index in [0.29, 0.717) is 18.7 Å². The number of halogens is 1. The number of aromatic nitrogens is 1. The second-order valence-electron chi connectivity index (χ2n) is 7.56. The maximum absolute atomic E-state index is 13.1. The van der Waals surface area contributed by atoms with Crippen LogP contribution in [0.5, 0.6) is 0 Å². The summed E-state index contributed by atoms with van der Waals surface area (Å²) in [6, 6.07) is 10.3. The van der Waals surface area contributed by atoms with E-state index in [-0.39, 0.29) is 11.7 Å². The third-order valence-electron chi connectivity index (χ3n) is 5.68. The number of amides is 1. The monoisotopic (exact) mass is 382 g/mol. The highest BCUT2D eigenvalue weighted by Crippen LogP contribution is 2.21. The molecular formula is C22H27FN4O. The molecule has 0 aliphatic carbocycles. The minimum absolute atomic E-state index is 0.0669. The Morgan fingerprint density at radius 1 is 0.821 bits per heavy atom. The second-order valence-corrected chi connectivity index (χ2v) is 7.56. The van der Waals surface area contributed by atoms with Gasteiger partial charge in [-0.2, -0.15) is 0 Å². The van der Waals surface area contributed by atoms with Gasteiger partial charge >= 0.3 is 0 Å². The summed E-state index contributed by atoms with van der Waals surface area (Å²) in [5.74, 6) is 0.755. The molecule has 0 unspecified atom stereocenters. The lowest BCUT2D eigenvalue weighted by Gasteiger charge is -2.36. The molecule has 2 fully saturated rings. The standard InChI is InChI=1S/C22H27FN4O/c23-19-5-7-20(8-6-19)25-13-15-27(16-14-25)22(28)18-9-10-24-21(17-18)26-11-3-1-2-4-12-26/h5-10,17H,1-4,11-16H2. The van der Waals surface area contributed by atoms with Crippen molar-refractivity contribution in [1.82, 2.24) is 9.88 Å². The highest BCUT2D eigenvalue weighted by atomic mass is 19.1. The number of carbonyl (C=O) groups is 1. The van der Waals surface area contributed by atoms with E-state index in [1.165, 1.54) is 37.8 Å². The summed E-state index contributed by atoms with van der Waals surface area (Å²) >= 11 is 0. The minimum Gasteiger partial charge on any atom is -0.368 e. The van der Waals surface area contributed by atoms with Gasteiger partial charge < -0.3 is 14.7 Å². The summed E-state index contributed by atoms with van der Waals surface area (Å²) in [4.78, 5) is 23.9. The van der Waals surface area contributed by atoms with Crippen molar-refractivity contribution >= 4 is 17.4 Å². The van der Waals surface area contributed by atoms with Gasteiger partial charge in [-0.15, -0.1) is 0 Å². The van der Waals surface area contributed by atoms with E-state index in [2.05, 4.69) is 14.8 Å². The van der Waals surface area contributed by atoms with E-state index in [0.717, 1.165) is 37.7 Å². The Hall–Kier alpha value is -2.63. The van der Waals surface area contributed by atoms with Gasteiger partial charge in [0.1, 0.15) is 11.6 Å². The van der Waals surface area contributed by atoms with Gasteiger partial charge in [0.05, 0.1) is 0 Å². The van der Waals surface area contributed by atoms with Crippen LogP contribution in [-0.4, -0.2) is 55.1 Å². The van der Waals surface area contributed by atoms with E-state index in [9.17, 15) is 9.18 Å². The lowest BCUT2D eigenvalue weighted by Crippen LogP contribution is -2.48. The summed E-state index contributed by atoms with van der Waals surface area (Å²) < 4.78 is 13.1. The zero-order chi connectivity index (χ0) is 19.3. The molecule has 148 valence electrons. The fourth-order valence-corrected chi connectivity index (χ4v) is 4.03. The van der Waals surface area contributed by atoms with Crippen molar-refractivity contribution in [1.29, 1.82) is 0 Å². The highest BCUT2D eigenvalue weighted by molar-refractivity contribution is 5.95. The lowest BCUT2D eigenvalue weighted by molar-refractivity contribution is 0.0746. The lowest BCUT2D eigenvalue weighted by atomic mass is 10.2. The zero-order valence-electron chi connectivity index (χ0n) is 16.2. The van der Waals surface area contributed by atoms with Gasteiger partial charge in [0.2, 0.25) is 0 Å². The van der Waals surface area contributed by atoms with Crippen molar-refractivity contribution in [3.8, 4) is 0 Å². The number of piperazine rings is 1. The smallest absolute Gasteiger partial charge is 0.254 e. The first-order valence-corrected chi connectivity index (χ1v) is 10.2. The van der Waals surface area contributed by atoms with Crippen LogP contribution in [0.4, 0.5) is 15.9 Å². The first-order chi connectivity index (χ1) is 13.7. The highest BCUT2D eigenvalue weighted by Gasteiger charge is 2.23. The van der Waals surface area contributed by atoms with Crippen molar-refractivity contribution in [3.63, 3.8) is 0 Å². The maximum atomic E-state index is 13.1. The molecule has 28 heavy (non-hydrogen) atoms. The molecule has 0 N–H and O–H groups in total. The molecule has 2 aliphatic heterocycles. The summed E-state index contributed by atoms with van der Waals surface area (Å²) in [5, 5.41) is 0. The van der Waals surface area contributed by atoms with Gasteiger partial charge in [0.25, 0.3) is 5.91 Å². The van der Waals surface area contributed by atoms with Crippen LogP contribution in [-0.2, 0) is 0 Å². The third-order valence-corrected chi connectivity index (χ3v) is 5.68. The number of anilines is 2. The molecule has 0 atom stereocenters. The van der Waals surface area contributed by atoms with Crippen LogP contribution in [0.1, 0.15) is 36.0 Å². The Morgan fingerprint density at radius 3 is 2.18 bits per heavy atom. The van der Waals surface area contributed by atoms with Crippen LogP contribution in [0.2, 0.25) is 0 Å². The maximum Gasteiger partial charge on any atom is 0.254 e. The van der Waals surface area contributed by atoms with E-state index in [1.54, 1.807) is 18.3 Å². The number of benzene rings is 1. The van der Waals surface area contributed by atoms with E-state index in [1.807, 2.05) is 17.0 Å². The van der Waals surface area contributed by atoms with Crippen molar-refractivity contribution in [2.75, 3.05) is 49.1 Å². The molecule has 2 aromatic rings. The first kappa shape index (κ1) is 18.7. The predicted molar refractivity (Wildman–Crippen MR) is 109 cm³/mol. The van der Waals surface area contributed by atoms with Crippen LogP contribution in [0.3, 0.4) is 0 Å². The largest absolute Gasteiger partial charge is 0.368 e. The molecule has 4 rings (SSSR count). The molecule has 1 aromatic heterocycles. The molecule has 5 nitrogen and oxygen atoms in total. The molecule has 6 heteroatoms. The molecule has 0 bridgehead atoms. The Morgan fingerprint density at radius 2 is 1.50 bits per heavy atom. The van der Waals surface area contributed by atoms with Crippen LogP contribution < -0.4 is 9.80 Å². The fraction of sp³-hybridized carbons (Fsp3) is 0.455. The van der Waals surface area contributed by atoms with Gasteiger partial charge in [-0.05, 0) is 49.2 Å². The van der Waals surface area contributed by atoms with Gasteiger partial charge in [0, 0.05) is 56.7 Å². The average Bonchev–Trinajstić information content (AvgIpc) is 3.04. The quantitative estimate of drug-likeness (QED) is 0.814. The number of hydrogen-bond acceptors (Lipinski definition) is 4. The SMILES string of the molecule is O=C(c1ccnc(N2CCCCCC2)c1)N1CCN(c2ccc(F)cc2)CC1. The Labute approximate surface area is 165 Å². The van der Waals surface area contributed by atoms with Crippen LogP contribution in [0, 0.1) is 5.82 Å². The first-order valence-electron chi connectivity index (χ1n) is 10.2. The van der Waals surface area contributed by atoms with Crippen LogP contribution >= 0.6 is 0 Å². The van der Waals surface area contributed by atoms with Crippen LogP contribution in [0.25, 0.3) is 0 Å². The number of nitrogens with zero attached hydrogens (tertiary/aromatic N) is 4. The average molecular weight is 382 g/mol. The van der Waals surface area contributed by atoms with Gasteiger partial charge in [-0.1, -0.05) is 12.8 Å². The van der Waals surface area contributed by atoms with Crippen LogP contribution in [0.15, 0.2) is 42.6 Å². The molecule has 0 radical (unpaired) electrons. The summed E-state index contributed by atoms with van der Waals surface area (Å²) in [5.41, 5.74) is 1.71. The van der Waals surface area contributed by atoms with Crippen molar-refractivity contribution < 1.29 is 9.18 Å². The summed E-state index contributed by atoms with van der Waals surface area (Å²) in [6.45, 7) is 4.86. The normalized spacial score (nSPS) is 18.1. The number of rotatable bonds is 3. The second kappa shape index (κ2) is 8.59. The zero-order valence-corrected chi connectivity index (χ0v) is 16.2. The topological polar surface area (TPSA) is 39.7 Å².